The van der Waals surface area contributed by atoms with Gasteiger partial charge < -0.3 is 14.3 Å². The molecular weight excluding hydrogens is 215 g/mol. The third kappa shape index (κ3) is 2.36. The van der Waals surface area contributed by atoms with E-state index in [1.165, 1.54) is 6.07 Å². The molecular formula is C10H8O4P-. The fourth-order valence-electron chi connectivity index (χ4n) is 1.40. The molecule has 4 nitrogen and oxygen atoms in total. The number of phosphoric acid groups is 1. The Kier molecular flexibility index (Phi) is 2.49. The fraction of sp³-hybridized carbons (Fsp3) is 0. The molecule has 1 atom stereocenters. The van der Waals surface area contributed by atoms with Gasteiger partial charge in [0.15, 0.2) is 0 Å². The molecule has 0 saturated carbocycles. The monoisotopic (exact) mass is 223 g/mol. The third-order valence-corrected chi connectivity index (χ3v) is 2.39. The zero-order valence-corrected chi connectivity index (χ0v) is 8.56. The van der Waals surface area contributed by atoms with E-state index >= 15 is 0 Å². The van der Waals surface area contributed by atoms with Crippen molar-refractivity contribution >= 4 is 18.6 Å². The molecule has 5 heteroatoms. The Balaban J connectivity index is 2.56. The Morgan fingerprint density at radius 3 is 2.53 bits per heavy atom. The first-order chi connectivity index (χ1) is 7.06. The molecule has 0 heterocycles. The van der Waals surface area contributed by atoms with Crippen LogP contribution in [-0.2, 0) is 4.57 Å². The van der Waals surface area contributed by atoms with Crippen LogP contribution < -0.4 is 9.42 Å². The second kappa shape index (κ2) is 3.66. The molecule has 0 aliphatic rings. The van der Waals surface area contributed by atoms with Crippen LogP contribution in [0, 0.1) is 0 Å². The van der Waals surface area contributed by atoms with Crippen LogP contribution in [0.5, 0.6) is 5.75 Å². The molecule has 0 aliphatic heterocycles. The van der Waals surface area contributed by atoms with Crippen molar-refractivity contribution < 1.29 is 18.9 Å². The van der Waals surface area contributed by atoms with E-state index in [1.807, 2.05) is 18.2 Å². The largest absolute Gasteiger partial charge is 0.746 e. The van der Waals surface area contributed by atoms with E-state index < -0.39 is 7.82 Å². The molecule has 0 aromatic heterocycles. The highest BCUT2D eigenvalue weighted by Crippen LogP contribution is 2.37. The predicted octanol–water partition coefficient (Wildman–Crippen LogP) is 1.68. The van der Waals surface area contributed by atoms with Gasteiger partial charge in [-0.15, -0.1) is 0 Å². The molecule has 0 aliphatic carbocycles. The summed E-state index contributed by atoms with van der Waals surface area (Å²) >= 11 is 0. The first-order valence-corrected chi connectivity index (χ1v) is 5.77. The van der Waals surface area contributed by atoms with E-state index in [1.54, 1.807) is 18.2 Å². The van der Waals surface area contributed by atoms with E-state index in [-0.39, 0.29) is 5.75 Å². The summed E-state index contributed by atoms with van der Waals surface area (Å²) in [5.74, 6) is 0.133. The first kappa shape index (κ1) is 10.2. The minimum absolute atomic E-state index is 0.133. The van der Waals surface area contributed by atoms with Gasteiger partial charge in [0, 0.05) is 5.39 Å². The molecule has 0 bridgehead atoms. The summed E-state index contributed by atoms with van der Waals surface area (Å²) in [6.07, 6.45) is 0. The lowest BCUT2D eigenvalue weighted by molar-refractivity contribution is -0.211. The smallest absolute Gasteiger partial charge is 0.317 e. The lowest BCUT2D eigenvalue weighted by atomic mass is 10.1. The van der Waals surface area contributed by atoms with Gasteiger partial charge in [-0.05, 0) is 11.5 Å². The second-order valence-electron chi connectivity index (χ2n) is 3.04. The van der Waals surface area contributed by atoms with Gasteiger partial charge >= 0.3 is 7.82 Å². The van der Waals surface area contributed by atoms with Gasteiger partial charge in [0.1, 0.15) is 5.75 Å². The highest BCUT2D eigenvalue weighted by Gasteiger charge is 2.07. The summed E-state index contributed by atoms with van der Waals surface area (Å²) in [4.78, 5) is 19.2. The van der Waals surface area contributed by atoms with Crippen molar-refractivity contribution in [3.63, 3.8) is 0 Å². The lowest BCUT2D eigenvalue weighted by Crippen LogP contribution is -2.05. The van der Waals surface area contributed by atoms with Crippen LogP contribution in [0.25, 0.3) is 10.8 Å². The van der Waals surface area contributed by atoms with Crippen molar-refractivity contribution in [1.82, 2.24) is 0 Å². The normalized spacial score (nSPS) is 14.8. The molecule has 2 rings (SSSR count). The van der Waals surface area contributed by atoms with E-state index in [0.29, 0.717) is 5.39 Å². The van der Waals surface area contributed by atoms with Crippen molar-refractivity contribution in [2.75, 3.05) is 0 Å². The Labute approximate surface area is 86.4 Å². The molecule has 0 fully saturated rings. The van der Waals surface area contributed by atoms with Gasteiger partial charge in [-0.2, -0.15) is 0 Å². The average molecular weight is 223 g/mol. The summed E-state index contributed by atoms with van der Waals surface area (Å²) in [6, 6.07) is 12.1. The zero-order chi connectivity index (χ0) is 10.9. The van der Waals surface area contributed by atoms with Crippen molar-refractivity contribution in [1.29, 1.82) is 0 Å². The highest BCUT2D eigenvalue weighted by atomic mass is 31.2. The zero-order valence-electron chi connectivity index (χ0n) is 7.66. The van der Waals surface area contributed by atoms with E-state index in [9.17, 15) is 9.46 Å². The third-order valence-electron chi connectivity index (χ3n) is 1.96. The summed E-state index contributed by atoms with van der Waals surface area (Å²) in [5.41, 5.74) is 0. The number of hydrogen-bond acceptors (Lipinski definition) is 3. The van der Waals surface area contributed by atoms with Gasteiger partial charge in [-0.25, -0.2) is 0 Å². The van der Waals surface area contributed by atoms with Crippen LogP contribution in [-0.4, -0.2) is 4.89 Å². The second-order valence-corrected chi connectivity index (χ2v) is 4.16. The van der Waals surface area contributed by atoms with Crippen molar-refractivity contribution in [3.05, 3.63) is 42.5 Å². The van der Waals surface area contributed by atoms with E-state index in [2.05, 4.69) is 4.52 Å². The summed E-state index contributed by atoms with van der Waals surface area (Å²) in [5, 5.41) is 1.49. The van der Waals surface area contributed by atoms with Crippen LogP contribution >= 0.6 is 7.82 Å². The topological polar surface area (TPSA) is 69.6 Å². The highest BCUT2D eigenvalue weighted by molar-refractivity contribution is 7.45. The summed E-state index contributed by atoms with van der Waals surface area (Å²) in [7, 11) is -4.74. The lowest BCUT2D eigenvalue weighted by Gasteiger charge is -2.17. The molecule has 78 valence electrons. The Hall–Kier alpha value is -1.35. The minimum Gasteiger partial charge on any atom is -0.746 e. The molecule has 0 radical (unpaired) electrons. The van der Waals surface area contributed by atoms with Gasteiger partial charge in [0.2, 0.25) is 0 Å². The standard InChI is InChI=1S/C10H9O4P/c11-15(12,13)14-10-7-3-5-8-4-1-2-6-9(8)10/h1-7H,(H2,11,12,13)/p-1. The van der Waals surface area contributed by atoms with Gasteiger partial charge in [0.05, 0.1) is 0 Å². The van der Waals surface area contributed by atoms with Gasteiger partial charge in [0.25, 0.3) is 0 Å². The maximum Gasteiger partial charge on any atom is 0.317 e. The molecule has 0 saturated heterocycles. The van der Waals surface area contributed by atoms with Crippen LogP contribution in [0.4, 0.5) is 0 Å². The van der Waals surface area contributed by atoms with Crippen LogP contribution in [0.3, 0.4) is 0 Å². The maximum atomic E-state index is 10.6. The number of hydrogen-bond donors (Lipinski definition) is 1. The molecule has 1 N–H and O–H groups in total. The summed E-state index contributed by atoms with van der Waals surface area (Å²) in [6.45, 7) is 0. The SMILES string of the molecule is O=P([O-])(O)Oc1cccc2ccccc12. The molecule has 0 amide bonds. The molecule has 2 aromatic rings. The predicted molar refractivity (Wildman–Crippen MR) is 54.4 cm³/mol. The number of phosphoric ester groups is 1. The molecule has 15 heavy (non-hydrogen) atoms. The van der Waals surface area contributed by atoms with Gasteiger partial charge in [-0.3, -0.25) is 4.57 Å². The van der Waals surface area contributed by atoms with Crippen molar-refractivity contribution in [2.24, 2.45) is 0 Å². The van der Waals surface area contributed by atoms with Crippen molar-refractivity contribution in [3.8, 4) is 5.75 Å². The fourth-order valence-corrected chi connectivity index (χ4v) is 1.81. The van der Waals surface area contributed by atoms with Gasteiger partial charge in [-0.1, -0.05) is 36.4 Å². The quantitative estimate of drug-likeness (QED) is 0.786. The number of rotatable bonds is 2. The number of benzene rings is 2. The summed E-state index contributed by atoms with van der Waals surface area (Å²) < 4.78 is 15.1. The molecule has 2 aromatic carbocycles. The Morgan fingerprint density at radius 1 is 1.13 bits per heavy atom. The van der Waals surface area contributed by atoms with Crippen LogP contribution in [0.1, 0.15) is 0 Å². The minimum atomic E-state index is -4.74. The van der Waals surface area contributed by atoms with E-state index in [4.69, 9.17) is 4.89 Å². The molecule has 0 spiro atoms. The average Bonchev–Trinajstić information content (AvgIpc) is 2.16. The number of fused-ring (bicyclic) bond motifs is 1. The first-order valence-electron chi connectivity index (χ1n) is 4.27. The van der Waals surface area contributed by atoms with Crippen LogP contribution in [0.15, 0.2) is 42.5 Å². The maximum absolute atomic E-state index is 10.6. The molecule has 1 unspecified atom stereocenters. The van der Waals surface area contributed by atoms with Crippen molar-refractivity contribution in [2.45, 2.75) is 0 Å². The van der Waals surface area contributed by atoms with E-state index in [0.717, 1.165) is 5.39 Å². The Morgan fingerprint density at radius 2 is 1.80 bits per heavy atom. The van der Waals surface area contributed by atoms with Crippen LogP contribution in [0.2, 0.25) is 0 Å². The Bertz CT molecular complexity index is 526.